The molecule has 2 aromatic rings. The quantitative estimate of drug-likeness (QED) is 0.691. The van der Waals surface area contributed by atoms with Crippen molar-refractivity contribution in [1.29, 1.82) is 0 Å². The van der Waals surface area contributed by atoms with Gasteiger partial charge in [0.25, 0.3) is 5.91 Å². The van der Waals surface area contributed by atoms with E-state index in [4.69, 9.17) is 0 Å². The van der Waals surface area contributed by atoms with Gasteiger partial charge in [0.1, 0.15) is 5.69 Å². The molecular weight excluding hydrogens is 414 g/mol. The van der Waals surface area contributed by atoms with Crippen molar-refractivity contribution in [3.8, 4) is 0 Å². The van der Waals surface area contributed by atoms with Crippen LogP contribution in [0.25, 0.3) is 0 Å². The topological polar surface area (TPSA) is 90.6 Å². The van der Waals surface area contributed by atoms with Gasteiger partial charge in [0.05, 0.1) is 4.90 Å². The Kier molecular flexibility index (Phi) is 6.71. The molecule has 1 aromatic carbocycles. The number of aryl methyl sites for hydroxylation is 1. The fourth-order valence-electron chi connectivity index (χ4n) is 4.15. The minimum atomic E-state index is -3.60. The molecule has 0 spiro atoms. The lowest BCUT2D eigenvalue weighted by atomic mass is 10.0. The summed E-state index contributed by atoms with van der Waals surface area (Å²) in [5.41, 5.74) is 3.53. The largest absolute Gasteiger partial charge is 0.354 e. The Morgan fingerprint density at radius 3 is 2.13 bits per heavy atom. The highest BCUT2D eigenvalue weighted by Gasteiger charge is 2.32. The number of hydrogen-bond acceptors (Lipinski definition) is 4. The van der Waals surface area contributed by atoms with E-state index in [1.807, 2.05) is 19.1 Å². The fourth-order valence-corrected chi connectivity index (χ4v) is 5.58. The molecule has 1 N–H and O–H groups in total. The van der Waals surface area contributed by atoms with Crippen LogP contribution in [0.4, 0.5) is 0 Å². The van der Waals surface area contributed by atoms with Crippen molar-refractivity contribution in [2.24, 2.45) is 0 Å². The number of carbonyl (C=O) groups is 2. The van der Waals surface area contributed by atoms with Crippen LogP contribution in [0.15, 0.2) is 29.2 Å². The Labute approximate surface area is 184 Å². The summed E-state index contributed by atoms with van der Waals surface area (Å²) in [5, 5.41) is 0. The first kappa shape index (κ1) is 23.2. The molecule has 168 valence electrons. The fraction of sp³-hybridized carbons (Fsp3) is 0.478. The second-order valence-corrected chi connectivity index (χ2v) is 10.2. The highest BCUT2D eigenvalue weighted by atomic mass is 32.2. The third kappa shape index (κ3) is 4.45. The summed E-state index contributed by atoms with van der Waals surface area (Å²) >= 11 is 0. The molecule has 7 nitrogen and oxygen atoms in total. The number of rotatable bonds is 6. The molecule has 1 aromatic heterocycles. The molecule has 0 radical (unpaired) electrons. The van der Waals surface area contributed by atoms with Crippen LogP contribution in [-0.2, 0) is 16.4 Å². The monoisotopic (exact) mass is 445 g/mol. The van der Waals surface area contributed by atoms with Gasteiger partial charge in [-0.15, -0.1) is 0 Å². The van der Waals surface area contributed by atoms with E-state index in [9.17, 15) is 18.0 Å². The van der Waals surface area contributed by atoms with Crippen molar-refractivity contribution in [3.05, 3.63) is 52.3 Å². The molecule has 0 saturated carbocycles. The summed E-state index contributed by atoms with van der Waals surface area (Å²) in [5.74, 6) is 0.0781. The molecule has 8 heteroatoms. The first-order valence-electron chi connectivity index (χ1n) is 10.7. The summed E-state index contributed by atoms with van der Waals surface area (Å²) in [7, 11) is -3.60. The smallest absolute Gasteiger partial charge is 0.270 e. The molecule has 1 aliphatic rings. The zero-order chi connectivity index (χ0) is 22.9. The number of hydrogen-bond donors (Lipinski definition) is 1. The second-order valence-electron chi connectivity index (χ2n) is 8.31. The average Bonchev–Trinajstić information content (AvgIpc) is 3.09. The van der Waals surface area contributed by atoms with Crippen LogP contribution in [0.1, 0.15) is 71.3 Å². The molecule has 0 aliphatic carbocycles. The van der Waals surface area contributed by atoms with Crippen molar-refractivity contribution in [2.45, 2.75) is 51.9 Å². The average molecular weight is 446 g/mol. The van der Waals surface area contributed by atoms with E-state index in [0.29, 0.717) is 42.4 Å². The Balaban J connectivity index is 1.74. The third-order valence-corrected chi connectivity index (χ3v) is 7.83. The number of ketones is 1. The predicted molar refractivity (Wildman–Crippen MR) is 120 cm³/mol. The van der Waals surface area contributed by atoms with Crippen LogP contribution in [0.5, 0.6) is 0 Å². The number of piperazine rings is 1. The van der Waals surface area contributed by atoms with Crippen molar-refractivity contribution in [2.75, 3.05) is 26.2 Å². The van der Waals surface area contributed by atoms with Crippen molar-refractivity contribution < 1.29 is 18.0 Å². The number of carbonyl (C=O) groups excluding carboxylic acids is 2. The van der Waals surface area contributed by atoms with Gasteiger partial charge < -0.3 is 9.88 Å². The highest BCUT2D eigenvalue weighted by molar-refractivity contribution is 7.89. The maximum atomic E-state index is 13.1. The first-order chi connectivity index (χ1) is 14.6. The number of aromatic amines is 1. The zero-order valence-corrected chi connectivity index (χ0v) is 19.7. The molecule has 1 saturated heterocycles. The molecule has 0 atom stereocenters. The number of nitrogens with one attached hydrogen (secondary N) is 1. The summed E-state index contributed by atoms with van der Waals surface area (Å²) in [6.07, 6.45) is 0.570. The molecule has 3 rings (SSSR count). The summed E-state index contributed by atoms with van der Waals surface area (Å²) < 4.78 is 27.5. The van der Waals surface area contributed by atoms with Gasteiger partial charge in [-0.25, -0.2) is 8.42 Å². The van der Waals surface area contributed by atoms with Gasteiger partial charge in [-0.05, 0) is 49.4 Å². The van der Waals surface area contributed by atoms with Crippen molar-refractivity contribution in [3.63, 3.8) is 0 Å². The lowest BCUT2D eigenvalue weighted by Gasteiger charge is -2.34. The van der Waals surface area contributed by atoms with Crippen molar-refractivity contribution in [1.82, 2.24) is 14.2 Å². The van der Waals surface area contributed by atoms with Gasteiger partial charge in [-0.1, -0.05) is 32.9 Å². The normalized spacial score (nSPS) is 15.5. The minimum Gasteiger partial charge on any atom is -0.354 e. The maximum Gasteiger partial charge on any atom is 0.270 e. The van der Waals surface area contributed by atoms with Gasteiger partial charge >= 0.3 is 0 Å². The Morgan fingerprint density at radius 2 is 1.65 bits per heavy atom. The van der Waals surface area contributed by atoms with Crippen LogP contribution in [0.3, 0.4) is 0 Å². The second kappa shape index (κ2) is 8.96. The van der Waals surface area contributed by atoms with Crippen molar-refractivity contribution >= 4 is 21.7 Å². The van der Waals surface area contributed by atoms with E-state index in [0.717, 1.165) is 11.1 Å². The first-order valence-corrected chi connectivity index (χ1v) is 12.1. The number of Topliss-reactive ketones (excluding diaryl/α,β-unsaturated/α-hetero) is 1. The van der Waals surface area contributed by atoms with Crippen LogP contribution in [-0.4, -0.2) is 60.5 Å². The van der Waals surface area contributed by atoms with Crippen LogP contribution < -0.4 is 0 Å². The molecule has 1 aliphatic heterocycles. The molecule has 1 amide bonds. The third-order valence-electron chi connectivity index (χ3n) is 5.92. The number of sulfonamides is 1. The number of H-pyrrole nitrogens is 1. The molecule has 2 heterocycles. The molecule has 1 fully saturated rings. The van der Waals surface area contributed by atoms with Gasteiger partial charge in [0, 0.05) is 37.4 Å². The van der Waals surface area contributed by atoms with E-state index >= 15 is 0 Å². The lowest BCUT2D eigenvalue weighted by molar-refractivity contribution is 0.0691. The summed E-state index contributed by atoms with van der Waals surface area (Å²) in [6.45, 7) is 10.4. The van der Waals surface area contributed by atoms with Gasteiger partial charge in [-0.3, -0.25) is 9.59 Å². The standard InChI is InChI=1S/C23H31N3O4S/c1-6-20-21(17(5)27)16(4)24-22(20)23(28)25-11-13-26(14-12-25)31(29,30)19-9-7-18(8-10-19)15(2)3/h7-10,15,24H,6,11-14H2,1-5H3. The predicted octanol–water partition coefficient (Wildman–Crippen LogP) is 3.36. The number of aromatic nitrogens is 1. The van der Waals surface area contributed by atoms with Crippen LogP contribution >= 0.6 is 0 Å². The summed E-state index contributed by atoms with van der Waals surface area (Å²) in [4.78, 5) is 30.1. The molecule has 31 heavy (non-hydrogen) atoms. The van der Waals surface area contributed by atoms with E-state index < -0.39 is 10.0 Å². The maximum absolute atomic E-state index is 13.1. The SMILES string of the molecule is CCc1c(C(=O)N2CCN(S(=O)(=O)c3ccc(C(C)C)cc3)CC2)[nH]c(C)c1C(C)=O. The van der Waals surface area contributed by atoms with E-state index in [1.165, 1.54) is 11.2 Å². The number of benzene rings is 1. The Morgan fingerprint density at radius 1 is 1.06 bits per heavy atom. The van der Waals surface area contributed by atoms with E-state index in [-0.39, 0.29) is 29.7 Å². The molecule has 0 bridgehead atoms. The Hall–Kier alpha value is -2.45. The summed E-state index contributed by atoms with van der Waals surface area (Å²) in [6, 6.07) is 7.01. The van der Waals surface area contributed by atoms with Crippen LogP contribution in [0, 0.1) is 6.92 Å². The minimum absolute atomic E-state index is 0.0657. The van der Waals surface area contributed by atoms with Gasteiger partial charge in [-0.2, -0.15) is 4.31 Å². The van der Waals surface area contributed by atoms with Crippen LogP contribution in [0.2, 0.25) is 0 Å². The molecule has 0 unspecified atom stereocenters. The molecular formula is C23H31N3O4S. The number of nitrogens with zero attached hydrogens (tertiary/aromatic N) is 2. The number of amides is 1. The van der Waals surface area contributed by atoms with E-state index in [1.54, 1.807) is 24.0 Å². The van der Waals surface area contributed by atoms with E-state index in [2.05, 4.69) is 18.8 Å². The lowest BCUT2D eigenvalue weighted by Crippen LogP contribution is -2.50. The highest BCUT2D eigenvalue weighted by Crippen LogP contribution is 2.24. The zero-order valence-electron chi connectivity index (χ0n) is 18.9. The van der Waals surface area contributed by atoms with Gasteiger partial charge in [0.15, 0.2) is 5.78 Å². The van der Waals surface area contributed by atoms with Gasteiger partial charge in [0.2, 0.25) is 10.0 Å². The Bertz CT molecular complexity index is 1080.